The third-order valence-electron chi connectivity index (χ3n) is 17.6. The van der Waals surface area contributed by atoms with Crippen LogP contribution in [0.2, 0.25) is 0 Å². The SMILES string of the molecule is CC(=O)NCc1ccc(-c2cnc(N)c(-c3nc4ccccc4[nH]3)n2)cc1.N#Cc1ccc(-c2cnc(N)c(-c3nc4ccccc4[nH]3)n2)cc1.Nc1ncc(-c2ccc(C(=O)NCCCO)cc2)nc1-c1nc2ccccc2[nH]1.Nc1ncc(-c2ccc(F)c(C(=O)N3CCOCC3)c2)nc1-c1nc2ccccc2[nH]1.[HH].[HH].[HH].[HH].[HH].[HH].[HH].[HH].[HH].[HH]. The Morgan fingerprint density at radius 3 is 1.25 bits per heavy atom. The number of carbonyl (C=O) groups is 3. The van der Waals surface area contributed by atoms with Crippen molar-refractivity contribution >= 4 is 85.1 Å². The van der Waals surface area contributed by atoms with Gasteiger partial charge in [0.1, 0.15) is 28.6 Å². The summed E-state index contributed by atoms with van der Waals surface area (Å²) in [5.74, 6) is 2.15. The van der Waals surface area contributed by atoms with Gasteiger partial charge in [-0.2, -0.15) is 5.26 Å². The van der Waals surface area contributed by atoms with E-state index >= 15 is 0 Å². The number of rotatable bonds is 15. The number of hydrogen-bond donors (Lipinski definition) is 11. The summed E-state index contributed by atoms with van der Waals surface area (Å²) in [7, 11) is 0. The number of aliphatic hydroxyl groups is 1. The Bertz CT molecular complexity index is 6030. The van der Waals surface area contributed by atoms with Crippen molar-refractivity contribution in [2.24, 2.45) is 0 Å². The highest BCUT2D eigenvalue weighted by Crippen LogP contribution is 2.32. The van der Waals surface area contributed by atoms with Gasteiger partial charge >= 0.3 is 0 Å². The fourth-order valence-corrected chi connectivity index (χ4v) is 11.8. The van der Waals surface area contributed by atoms with E-state index in [1.54, 1.807) is 53.8 Å². The van der Waals surface area contributed by atoms with Gasteiger partial charge in [-0.1, -0.05) is 97.1 Å². The number of nitrogens with zero attached hydrogens (tertiary/aromatic N) is 14. The Balaban J connectivity index is 0.000000331. The summed E-state index contributed by atoms with van der Waals surface area (Å²) < 4.78 is 19.7. The van der Waals surface area contributed by atoms with Crippen molar-refractivity contribution in [2.75, 3.05) is 62.4 Å². The Labute approximate surface area is 646 Å². The van der Waals surface area contributed by atoms with Gasteiger partial charge in [-0.3, -0.25) is 14.4 Å². The first kappa shape index (κ1) is 72.8. The highest BCUT2D eigenvalue weighted by atomic mass is 19.1. The zero-order chi connectivity index (χ0) is 76.9. The molecule has 0 saturated carbocycles. The van der Waals surface area contributed by atoms with Crippen LogP contribution in [0.1, 0.15) is 59.5 Å². The average Bonchev–Trinajstić information content (AvgIpc) is 1.80. The largest absolute Gasteiger partial charge is 0.396 e. The molecule has 0 aliphatic carbocycles. The lowest BCUT2D eigenvalue weighted by Crippen LogP contribution is -2.41. The Hall–Kier alpha value is -15.1. The van der Waals surface area contributed by atoms with E-state index in [0.29, 0.717) is 143 Å². The van der Waals surface area contributed by atoms with E-state index in [9.17, 15) is 18.8 Å². The molecule has 0 radical (unpaired) electrons. The van der Waals surface area contributed by atoms with Crippen LogP contribution in [-0.2, 0) is 16.1 Å². The number of H-pyrrole nitrogens is 4. The van der Waals surface area contributed by atoms with Crippen molar-refractivity contribution < 1.29 is 42.9 Å². The number of anilines is 4. The van der Waals surface area contributed by atoms with Gasteiger partial charge in [0.15, 0.2) is 46.6 Å². The number of morpholine rings is 1. The van der Waals surface area contributed by atoms with Gasteiger partial charge in [0.05, 0.1) is 122 Å². The zero-order valence-electron chi connectivity index (χ0n) is 59.4. The van der Waals surface area contributed by atoms with Crippen LogP contribution in [0.4, 0.5) is 27.7 Å². The molecule has 0 bridgehead atoms. The van der Waals surface area contributed by atoms with Gasteiger partial charge in [-0.15, -0.1) is 0 Å². The number of nitrogens with two attached hydrogens (primary N) is 4. The number of benzene rings is 8. The quantitative estimate of drug-likeness (QED) is 0.0425. The number of para-hydroxylation sites is 8. The standard InChI is InChI=1S/C22H19FN6O2.C21H20N6O2.C20H18N6O.C18H12N6.10H2/c23-15-6-5-13(11-14(15)22(30)29-7-9-31-10-8-29)18-12-25-20(24)19(26-18)21-27-16-3-1-2-4-17(16)28-21;22-19-18(20-26-15-4-1-2-5-16(15)27-20)25-17(12-24-19)13-6-8-14(9-7-13)21(29)23-10-3-11-28;1-12(27)22-10-13-6-8-14(9-7-13)17-11-23-19(21)18(24-17)20-25-15-4-2-3-5-16(15)26-20;19-9-11-5-7-12(8-6-11)15-10-21-17(20)16(22-15)18-23-13-3-1-2-4-14(13)24-18;;;;;;;;;;/h1-6,11-12H,7-10H2,(H2,24,25)(H,27,28);1-2,4-9,12,28H,3,10-11H2,(H2,22,24)(H,23,29)(H,26,27);2-9,11H,10H2,1H3,(H2,21,23)(H,22,27)(H,25,26);1-8,10H,(H2,20,21)(H,23,24);10*1H. The number of nitriles is 1. The molecule has 1 aliphatic rings. The van der Waals surface area contributed by atoms with Crippen LogP contribution in [0, 0.1) is 17.1 Å². The van der Waals surface area contributed by atoms with E-state index in [0.717, 1.165) is 66.4 Å². The maximum absolute atomic E-state index is 14.5. The fraction of sp³-hybridized carbons (Fsp3) is 0.111. The fourth-order valence-electron chi connectivity index (χ4n) is 11.8. The van der Waals surface area contributed by atoms with Crippen LogP contribution < -0.4 is 33.6 Å². The number of aromatic nitrogens is 16. The van der Waals surface area contributed by atoms with Crippen LogP contribution in [0.5, 0.6) is 0 Å². The first-order valence-corrected chi connectivity index (χ1v) is 34.9. The van der Waals surface area contributed by atoms with Crippen LogP contribution in [0.25, 0.3) is 135 Å². The molecule has 29 nitrogen and oxygen atoms in total. The summed E-state index contributed by atoms with van der Waals surface area (Å²) in [5, 5.41) is 23.2. The van der Waals surface area contributed by atoms with Crippen molar-refractivity contribution in [1.29, 1.82) is 5.26 Å². The van der Waals surface area contributed by atoms with Crippen molar-refractivity contribution in [2.45, 2.75) is 19.9 Å². The number of fused-ring (bicyclic) bond motifs is 4. The van der Waals surface area contributed by atoms with Crippen molar-refractivity contribution in [3.05, 3.63) is 241 Å². The summed E-state index contributed by atoms with van der Waals surface area (Å²) in [4.78, 5) is 104. The second-order valence-corrected chi connectivity index (χ2v) is 25.2. The lowest BCUT2D eigenvalue weighted by molar-refractivity contribution is -0.119. The van der Waals surface area contributed by atoms with Crippen molar-refractivity contribution in [3.8, 4) is 97.2 Å². The first-order valence-electron chi connectivity index (χ1n) is 34.9. The Morgan fingerprint density at radius 2 is 0.874 bits per heavy atom. The lowest BCUT2D eigenvalue weighted by Gasteiger charge is -2.27. The number of ether oxygens (including phenoxy) is 1. The minimum Gasteiger partial charge on any atom is -0.396 e. The van der Waals surface area contributed by atoms with Crippen LogP contribution >= 0.6 is 0 Å². The highest BCUT2D eigenvalue weighted by molar-refractivity contribution is 5.96. The monoisotopic (exact) mass is 1500 g/mol. The van der Waals surface area contributed by atoms with Gasteiger partial charge in [0.25, 0.3) is 11.8 Å². The number of nitrogens with one attached hydrogen (secondary N) is 6. The molecule has 111 heavy (non-hydrogen) atoms. The molecule has 8 aromatic heterocycles. The maximum atomic E-state index is 14.5. The number of imidazole rings is 4. The predicted molar refractivity (Wildman–Crippen MR) is 442 cm³/mol. The van der Waals surface area contributed by atoms with Crippen LogP contribution in [0.15, 0.2) is 213 Å². The van der Waals surface area contributed by atoms with E-state index in [1.165, 1.54) is 25.3 Å². The molecule has 1 aliphatic heterocycles. The molecule has 17 rings (SSSR count). The number of aromatic amines is 4. The summed E-state index contributed by atoms with van der Waals surface area (Å²) in [5.41, 5.74) is 40.6. The molecule has 3 amide bonds. The Morgan fingerprint density at radius 1 is 0.505 bits per heavy atom. The minimum atomic E-state index is -0.582. The number of nitrogen functional groups attached to an aromatic ring is 4. The first-order chi connectivity index (χ1) is 54.1. The Kier molecular flexibility index (Phi) is 21.8. The molecule has 0 atom stereocenters. The molecule has 1 fully saturated rings. The average molecular weight is 1500 g/mol. The molecular formula is C81H89FN24O5. The van der Waals surface area contributed by atoms with Gasteiger partial charge < -0.3 is 68.2 Å². The second-order valence-electron chi connectivity index (χ2n) is 25.2. The topological polar surface area (TPSA) is 454 Å². The van der Waals surface area contributed by atoms with Crippen molar-refractivity contribution in [1.82, 2.24) is 95.3 Å². The molecule has 1 saturated heterocycles. The normalized spacial score (nSPS) is 11.7. The summed E-state index contributed by atoms with van der Waals surface area (Å²) >= 11 is 0. The molecule has 0 unspecified atom stereocenters. The molecule has 15 N–H and O–H groups in total. The lowest BCUT2D eigenvalue weighted by atomic mass is 10.1. The van der Waals surface area contributed by atoms with Gasteiger partial charge in [-0.25, -0.2) is 64.2 Å². The molecule has 9 heterocycles. The molecule has 8 aromatic carbocycles. The second kappa shape index (κ2) is 33.1. The third kappa shape index (κ3) is 16.9. The summed E-state index contributed by atoms with van der Waals surface area (Å²) in [6.07, 6.45) is 6.87. The van der Waals surface area contributed by atoms with Gasteiger partial charge in [0, 0.05) is 81.8 Å². The number of halogens is 1. The molecule has 570 valence electrons. The summed E-state index contributed by atoms with van der Waals surface area (Å²) in [6.45, 7) is 4.21. The molecule has 0 spiro atoms. The van der Waals surface area contributed by atoms with Crippen molar-refractivity contribution in [3.63, 3.8) is 0 Å². The van der Waals surface area contributed by atoms with E-state index in [2.05, 4.69) is 96.4 Å². The van der Waals surface area contributed by atoms with Crippen LogP contribution in [-0.4, -0.2) is 147 Å². The van der Waals surface area contributed by atoms with Gasteiger partial charge in [-0.05, 0) is 103 Å². The maximum Gasteiger partial charge on any atom is 0.257 e. The van der Waals surface area contributed by atoms with E-state index < -0.39 is 5.82 Å². The smallest absolute Gasteiger partial charge is 0.257 e. The van der Waals surface area contributed by atoms with Crippen LogP contribution in [0.3, 0.4) is 0 Å². The number of amides is 3. The van der Waals surface area contributed by atoms with E-state index in [4.69, 9.17) is 38.0 Å². The minimum absolute atomic E-state index is 0. The summed E-state index contributed by atoms with van der Waals surface area (Å²) in [6, 6.07) is 59.2. The number of aliphatic hydroxyl groups excluding tert-OH is 1. The van der Waals surface area contributed by atoms with E-state index in [-0.39, 0.29) is 55.8 Å². The molecule has 16 aromatic rings. The van der Waals surface area contributed by atoms with Gasteiger partial charge in [0.2, 0.25) is 5.91 Å². The van der Waals surface area contributed by atoms with E-state index in [1.807, 2.05) is 146 Å². The molecule has 30 heteroatoms. The third-order valence-corrected chi connectivity index (χ3v) is 17.6. The predicted octanol–water partition coefficient (Wildman–Crippen LogP) is 13.8. The molecular weight excluding hydrogens is 1410 g/mol. The zero-order valence-corrected chi connectivity index (χ0v) is 59.4. The highest BCUT2D eigenvalue weighted by Gasteiger charge is 2.24. The number of hydrogen-bond acceptors (Lipinski definition) is 22. The number of carbonyl (C=O) groups excluding carboxylic acids is 3.